The monoisotopic (exact) mass is 410 g/mol. The van der Waals surface area contributed by atoms with E-state index in [4.69, 9.17) is 5.11 Å². The van der Waals surface area contributed by atoms with Crippen molar-refractivity contribution >= 4 is 46.5 Å². The number of carboxylic acids is 1. The van der Waals surface area contributed by atoms with E-state index in [1.807, 2.05) is 26.0 Å². The van der Waals surface area contributed by atoms with Crippen molar-refractivity contribution in [1.82, 2.24) is 4.90 Å². The van der Waals surface area contributed by atoms with E-state index in [0.717, 1.165) is 16.0 Å². The maximum absolute atomic E-state index is 12.5. The molecule has 148 valence electrons. The first-order chi connectivity index (χ1) is 13.7. The van der Waals surface area contributed by atoms with Crippen molar-refractivity contribution in [3.05, 3.63) is 69.6 Å². The zero-order valence-corrected chi connectivity index (χ0v) is 16.6. The van der Waals surface area contributed by atoms with E-state index in [1.165, 1.54) is 18.2 Å². The summed E-state index contributed by atoms with van der Waals surface area (Å²) in [7, 11) is 0. The van der Waals surface area contributed by atoms with Crippen LogP contribution in [0.1, 0.15) is 27.0 Å². The van der Waals surface area contributed by atoms with Gasteiger partial charge in [0.25, 0.3) is 11.1 Å². The SMILES string of the molecule is Cc1ccc(NC(=O)CN2C(=O)SC(=Cc3cccc(C(=O)O)c3)C2=O)cc1C. The van der Waals surface area contributed by atoms with Crippen LogP contribution in [0.15, 0.2) is 47.4 Å². The molecule has 1 aliphatic heterocycles. The fraction of sp³-hybridized carbons (Fsp3) is 0.143. The van der Waals surface area contributed by atoms with Crippen molar-refractivity contribution in [2.75, 3.05) is 11.9 Å². The van der Waals surface area contributed by atoms with Crippen LogP contribution in [0.3, 0.4) is 0 Å². The third-order valence-corrected chi connectivity index (χ3v) is 5.30. The highest BCUT2D eigenvalue weighted by atomic mass is 32.2. The third kappa shape index (κ3) is 4.72. The van der Waals surface area contributed by atoms with Crippen LogP contribution < -0.4 is 5.32 Å². The first-order valence-electron chi connectivity index (χ1n) is 8.70. The molecule has 8 heteroatoms. The molecular formula is C21H18N2O5S. The molecule has 0 aromatic heterocycles. The molecular weight excluding hydrogens is 392 g/mol. The Hall–Kier alpha value is -3.39. The summed E-state index contributed by atoms with van der Waals surface area (Å²) in [6.07, 6.45) is 1.44. The normalized spacial score (nSPS) is 15.1. The minimum atomic E-state index is -1.09. The smallest absolute Gasteiger partial charge is 0.335 e. The summed E-state index contributed by atoms with van der Waals surface area (Å²) in [6.45, 7) is 3.48. The summed E-state index contributed by atoms with van der Waals surface area (Å²) in [6, 6.07) is 11.5. The highest BCUT2D eigenvalue weighted by Gasteiger charge is 2.36. The molecule has 29 heavy (non-hydrogen) atoms. The number of carbonyl (C=O) groups is 4. The molecule has 0 aliphatic carbocycles. The molecule has 0 spiro atoms. The highest BCUT2D eigenvalue weighted by molar-refractivity contribution is 8.18. The van der Waals surface area contributed by atoms with Crippen LogP contribution in [0.5, 0.6) is 0 Å². The van der Waals surface area contributed by atoms with Crippen LogP contribution in [0.25, 0.3) is 6.08 Å². The van der Waals surface area contributed by atoms with Gasteiger partial charge in [0.2, 0.25) is 5.91 Å². The molecule has 2 N–H and O–H groups in total. The van der Waals surface area contributed by atoms with Gasteiger partial charge in [0.15, 0.2) is 0 Å². The highest BCUT2D eigenvalue weighted by Crippen LogP contribution is 2.32. The van der Waals surface area contributed by atoms with Crippen LogP contribution in [-0.4, -0.2) is 39.6 Å². The molecule has 1 heterocycles. The Bertz CT molecular complexity index is 1060. The molecule has 2 aromatic carbocycles. The molecule has 0 radical (unpaired) electrons. The maximum atomic E-state index is 12.5. The number of carboxylic acid groups (broad SMARTS) is 1. The zero-order chi connectivity index (χ0) is 21.1. The molecule has 0 bridgehead atoms. The quantitative estimate of drug-likeness (QED) is 0.729. The van der Waals surface area contributed by atoms with Gasteiger partial charge in [-0.15, -0.1) is 0 Å². The Kier molecular flexibility index (Phi) is 5.84. The van der Waals surface area contributed by atoms with Gasteiger partial charge in [0, 0.05) is 5.69 Å². The molecule has 0 unspecified atom stereocenters. The minimum absolute atomic E-state index is 0.0748. The topological polar surface area (TPSA) is 104 Å². The minimum Gasteiger partial charge on any atom is -0.478 e. The lowest BCUT2D eigenvalue weighted by molar-refractivity contribution is -0.127. The number of aromatic carboxylic acids is 1. The van der Waals surface area contributed by atoms with E-state index in [1.54, 1.807) is 18.2 Å². The van der Waals surface area contributed by atoms with Gasteiger partial charge in [-0.3, -0.25) is 19.3 Å². The van der Waals surface area contributed by atoms with Gasteiger partial charge < -0.3 is 10.4 Å². The Morgan fingerprint density at radius 1 is 1.10 bits per heavy atom. The first-order valence-corrected chi connectivity index (χ1v) is 9.52. The second kappa shape index (κ2) is 8.32. The van der Waals surface area contributed by atoms with Crippen molar-refractivity contribution in [1.29, 1.82) is 0 Å². The van der Waals surface area contributed by atoms with Crippen molar-refractivity contribution in [3.63, 3.8) is 0 Å². The van der Waals surface area contributed by atoms with Crippen LogP contribution in [0.2, 0.25) is 0 Å². The molecule has 2 aromatic rings. The Labute approximate surface area is 171 Å². The number of thioether (sulfide) groups is 1. The van der Waals surface area contributed by atoms with E-state index >= 15 is 0 Å². The predicted molar refractivity (Wildman–Crippen MR) is 111 cm³/mol. The molecule has 7 nitrogen and oxygen atoms in total. The molecule has 0 saturated carbocycles. The summed E-state index contributed by atoms with van der Waals surface area (Å²) in [4.78, 5) is 49.1. The van der Waals surface area contributed by atoms with Gasteiger partial charge in [0.1, 0.15) is 6.54 Å². The lowest BCUT2D eigenvalue weighted by Crippen LogP contribution is -2.36. The maximum Gasteiger partial charge on any atom is 0.335 e. The number of amides is 3. The summed E-state index contributed by atoms with van der Waals surface area (Å²) in [5, 5.41) is 11.2. The largest absolute Gasteiger partial charge is 0.478 e. The van der Waals surface area contributed by atoms with Gasteiger partial charge in [-0.1, -0.05) is 18.2 Å². The van der Waals surface area contributed by atoms with E-state index in [9.17, 15) is 19.2 Å². The van der Waals surface area contributed by atoms with Crippen LogP contribution in [-0.2, 0) is 9.59 Å². The lowest BCUT2D eigenvalue weighted by Gasteiger charge is -2.13. The van der Waals surface area contributed by atoms with Crippen LogP contribution in [0, 0.1) is 13.8 Å². The summed E-state index contributed by atoms with van der Waals surface area (Å²) in [5.74, 6) is -2.16. The first kappa shape index (κ1) is 20.3. The number of nitrogens with zero attached hydrogens (tertiary/aromatic N) is 1. The standard InChI is InChI=1S/C21H18N2O5S/c1-12-6-7-16(8-13(12)2)22-18(24)11-23-19(25)17(29-21(23)28)10-14-4-3-5-15(9-14)20(26)27/h3-10H,11H2,1-2H3,(H,22,24)(H,26,27). The predicted octanol–water partition coefficient (Wildman–Crippen LogP) is 3.68. The fourth-order valence-corrected chi connectivity index (χ4v) is 3.55. The van der Waals surface area contributed by atoms with Crippen LogP contribution in [0.4, 0.5) is 10.5 Å². The summed E-state index contributed by atoms with van der Waals surface area (Å²) in [5.41, 5.74) is 3.25. The third-order valence-electron chi connectivity index (χ3n) is 4.40. The van der Waals surface area contributed by atoms with Gasteiger partial charge in [-0.05, 0) is 72.6 Å². The van der Waals surface area contributed by atoms with Crippen molar-refractivity contribution in [3.8, 4) is 0 Å². The Morgan fingerprint density at radius 3 is 2.55 bits per heavy atom. The number of rotatable bonds is 5. The number of imide groups is 1. The number of hydrogen-bond donors (Lipinski definition) is 2. The van der Waals surface area contributed by atoms with Gasteiger partial charge in [0.05, 0.1) is 10.5 Å². The molecule has 3 amide bonds. The Morgan fingerprint density at radius 2 is 1.86 bits per heavy atom. The number of benzene rings is 2. The fourth-order valence-electron chi connectivity index (χ4n) is 2.71. The molecule has 1 fully saturated rings. The number of aryl methyl sites for hydroxylation is 2. The number of hydrogen-bond acceptors (Lipinski definition) is 5. The number of nitrogens with one attached hydrogen (secondary N) is 1. The van der Waals surface area contributed by atoms with Gasteiger partial charge in [-0.2, -0.15) is 0 Å². The second-order valence-corrected chi connectivity index (χ2v) is 7.54. The van der Waals surface area contributed by atoms with Gasteiger partial charge in [-0.25, -0.2) is 4.79 Å². The van der Waals surface area contributed by atoms with Crippen LogP contribution >= 0.6 is 11.8 Å². The number of anilines is 1. The average Bonchev–Trinajstić information content (AvgIpc) is 2.92. The molecule has 1 saturated heterocycles. The summed E-state index contributed by atoms with van der Waals surface area (Å²) >= 11 is 0.715. The van der Waals surface area contributed by atoms with Crippen molar-refractivity contribution in [2.45, 2.75) is 13.8 Å². The van der Waals surface area contributed by atoms with E-state index in [-0.39, 0.29) is 10.5 Å². The number of carbonyl (C=O) groups excluding carboxylic acids is 3. The molecule has 3 rings (SSSR count). The van der Waals surface area contributed by atoms with Crippen molar-refractivity contribution < 1.29 is 24.3 Å². The summed E-state index contributed by atoms with van der Waals surface area (Å²) < 4.78 is 0. The lowest BCUT2D eigenvalue weighted by atomic mass is 10.1. The molecule has 0 atom stereocenters. The van der Waals surface area contributed by atoms with E-state index < -0.39 is 29.6 Å². The zero-order valence-electron chi connectivity index (χ0n) is 15.8. The Balaban J connectivity index is 1.71. The second-order valence-electron chi connectivity index (χ2n) is 6.55. The van der Waals surface area contributed by atoms with Gasteiger partial charge >= 0.3 is 5.97 Å². The van der Waals surface area contributed by atoms with Crippen molar-refractivity contribution in [2.24, 2.45) is 0 Å². The van der Waals surface area contributed by atoms with E-state index in [2.05, 4.69) is 5.32 Å². The average molecular weight is 410 g/mol. The van der Waals surface area contributed by atoms with E-state index in [0.29, 0.717) is 23.0 Å². The molecule has 1 aliphatic rings.